The van der Waals surface area contributed by atoms with Crippen LogP contribution in [0.1, 0.15) is 37.2 Å². The van der Waals surface area contributed by atoms with Crippen LogP contribution in [0.15, 0.2) is 29.4 Å². The molecule has 0 saturated heterocycles. The molecule has 2 heterocycles. The smallest absolute Gasteiger partial charge is 0.0898 e. The lowest BCUT2D eigenvalue weighted by Gasteiger charge is -2.31. The van der Waals surface area contributed by atoms with Crippen molar-refractivity contribution in [1.29, 1.82) is 0 Å². The summed E-state index contributed by atoms with van der Waals surface area (Å²) in [6.45, 7) is 6.42. The largest absolute Gasteiger partial charge is 0.411 e. The Bertz CT molecular complexity index is 934. The molecule has 0 spiro atoms. The number of fused-ring (bicyclic) bond motifs is 5. The number of aromatic amines is 1. The second kappa shape index (κ2) is 4.32. The van der Waals surface area contributed by atoms with Gasteiger partial charge in [0, 0.05) is 21.9 Å². The van der Waals surface area contributed by atoms with Crippen molar-refractivity contribution in [1.82, 2.24) is 9.97 Å². The van der Waals surface area contributed by atoms with Crippen LogP contribution in [0, 0.1) is 12.3 Å². The van der Waals surface area contributed by atoms with Crippen LogP contribution < -0.4 is 0 Å². The van der Waals surface area contributed by atoms with E-state index in [1.807, 2.05) is 19.1 Å². The van der Waals surface area contributed by atoms with Gasteiger partial charge in [0.1, 0.15) is 0 Å². The van der Waals surface area contributed by atoms with Crippen molar-refractivity contribution in [3.05, 3.63) is 41.2 Å². The minimum atomic E-state index is 0.0633. The minimum absolute atomic E-state index is 0.0633. The van der Waals surface area contributed by atoms with Gasteiger partial charge in [-0.1, -0.05) is 37.2 Å². The van der Waals surface area contributed by atoms with E-state index in [4.69, 9.17) is 4.98 Å². The second-order valence-electron chi connectivity index (χ2n) is 7.00. The number of para-hydroxylation sites is 1. The van der Waals surface area contributed by atoms with Crippen molar-refractivity contribution in [2.45, 2.75) is 33.6 Å². The Morgan fingerprint density at radius 3 is 2.77 bits per heavy atom. The number of benzene rings is 1. The zero-order valence-corrected chi connectivity index (χ0v) is 13.1. The Balaban J connectivity index is 2.19. The molecule has 0 atom stereocenters. The highest BCUT2D eigenvalue weighted by Gasteiger charge is 2.33. The molecule has 0 fully saturated rings. The first-order valence-corrected chi connectivity index (χ1v) is 7.61. The maximum atomic E-state index is 9.56. The van der Waals surface area contributed by atoms with Crippen LogP contribution in [0.4, 0.5) is 0 Å². The van der Waals surface area contributed by atoms with E-state index in [0.717, 1.165) is 51.9 Å². The SMILES string of the molecule is Cc1nc2c(c3c1[nH]c1ccccc13)C(=NO)CC(C)(C)C2. The summed E-state index contributed by atoms with van der Waals surface area (Å²) in [5.41, 5.74) is 6.00. The number of aryl methyl sites for hydroxylation is 1. The lowest BCUT2D eigenvalue weighted by Crippen LogP contribution is -2.29. The van der Waals surface area contributed by atoms with Crippen LogP contribution in [0.2, 0.25) is 0 Å². The van der Waals surface area contributed by atoms with E-state index in [2.05, 4.69) is 36.1 Å². The Kier molecular flexibility index (Phi) is 2.61. The van der Waals surface area contributed by atoms with Crippen LogP contribution in [-0.2, 0) is 6.42 Å². The molecular formula is C18H19N3O. The lowest BCUT2D eigenvalue weighted by molar-refractivity contribution is 0.306. The highest BCUT2D eigenvalue weighted by molar-refractivity contribution is 6.20. The molecule has 4 rings (SSSR count). The quantitative estimate of drug-likeness (QED) is 0.482. The molecule has 1 aliphatic rings. The second-order valence-corrected chi connectivity index (χ2v) is 7.00. The first-order chi connectivity index (χ1) is 10.5. The van der Waals surface area contributed by atoms with Crippen LogP contribution in [0.25, 0.3) is 21.8 Å². The van der Waals surface area contributed by atoms with Crippen LogP contribution in [0.3, 0.4) is 0 Å². The zero-order valence-electron chi connectivity index (χ0n) is 13.1. The average molecular weight is 293 g/mol. The molecule has 1 aliphatic carbocycles. The molecule has 2 aromatic heterocycles. The fraction of sp³-hybridized carbons (Fsp3) is 0.333. The van der Waals surface area contributed by atoms with E-state index in [-0.39, 0.29) is 5.41 Å². The first kappa shape index (κ1) is 13.3. The Labute approximate surface area is 128 Å². The first-order valence-electron chi connectivity index (χ1n) is 7.61. The molecule has 0 bridgehead atoms. The molecule has 0 saturated carbocycles. The molecule has 112 valence electrons. The van der Waals surface area contributed by atoms with Crippen molar-refractivity contribution >= 4 is 27.5 Å². The van der Waals surface area contributed by atoms with Gasteiger partial charge in [-0.15, -0.1) is 0 Å². The number of nitrogens with zero attached hydrogens (tertiary/aromatic N) is 2. The number of hydrogen-bond acceptors (Lipinski definition) is 3. The topological polar surface area (TPSA) is 61.3 Å². The minimum Gasteiger partial charge on any atom is -0.411 e. The molecule has 3 aromatic rings. The lowest BCUT2D eigenvalue weighted by atomic mass is 9.74. The van der Waals surface area contributed by atoms with Crippen LogP contribution in [0.5, 0.6) is 0 Å². The van der Waals surface area contributed by atoms with Gasteiger partial charge in [0.15, 0.2) is 0 Å². The molecule has 2 N–H and O–H groups in total. The van der Waals surface area contributed by atoms with E-state index in [1.165, 1.54) is 5.39 Å². The fourth-order valence-electron chi connectivity index (χ4n) is 3.71. The highest BCUT2D eigenvalue weighted by atomic mass is 16.4. The summed E-state index contributed by atoms with van der Waals surface area (Å²) >= 11 is 0. The third kappa shape index (κ3) is 1.76. The predicted octanol–water partition coefficient (Wildman–Crippen LogP) is 4.18. The van der Waals surface area contributed by atoms with Gasteiger partial charge in [-0.05, 0) is 31.2 Å². The molecule has 0 radical (unpaired) electrons. The molecular weight excluding hydrogens is 274 g/mol. The summed E-state index contributed by atoms with van der Waals surface area (Å²) in [6.07, 6.45) is 1.66. The number of pyridine rings is 1. The van der Waals surface area contributed by atoms with Gasteiger partial charge >= 0.3 is 0 Å². The molecule has 0 unspecified atom stereocenters. The van der Waals surface area contributed by atoms with Gasteiger partial charge in [-0.2, -0.15) is 0 Å². The van der Waals surface area contributed by atoms with Crippen molar-refractivity contribution in [2.24, 2.45) is 10.6 Å². The van der Waals surface area contributed by atoms with Gasteiger partial charge < -0.3 is 10.2 Å². The van der Waals surface area contributed by atoms with E-state index in [0.29, 0.717) is 0 Å². The maximum absolute atomic E-state index is 9.56. The molecule has 0 aliphatic heterocycles. The number of oxime groups is 1. The van der Waals surface area contributed by atoms with E-state index >= 15 is 0 Å². The van der Waals surface area contributed by atoms with Gasteiger partial charge in [0.05, 0.1) is 22.6 Å². The number of rotatable bonds is 0. The van der Waals surface area contributed by atoms with Crippen molar-refractivity contribution in [3.63, 3.8) is 0 Å². The van der Waals surface area contributed by atoms with Gasteiger partial charge in [-0.25, -0.2) is 0 Å². The third-order valence-electron chi connectivity index (χ3n) is 4.61. The van der Waals surface area contributed by atoms with Gasteiger partial charge in [0.25, 0.3) is 0 Å². The normalized spacial score (nSPS) is 19.0. The highest BCUT2D eigenvalue weighted by Crippen LogP contribution is 2.40. The average Bonchev–Trinajstić information content (AvgIpc) is 2.85. The zero-order chi connectivity index (χ0) is 15.5. The number of hydrogen-bond donors (Lipinski definition) is 2. The van der Waals surface area contributed by atoms with Gasteiger partial charge in [-0.3, -0.25) is 4.98 Å². The maximum Gasteiger partial charge on any atom is 0.0898 e. The number of H-pyrrole nitrogens is 1. The van der Waals surface area contributed by atoms with Gasteiger partial charge in [0.2, 0.25) is 0 Å². The molecule has 1 aromatic carbocycles. The Morgan fingerprint density at radius 1 is 1.23 bits per heavy atom. The fourth-order valence-corrected chi connectivity index (χ4v) is 3.71. The summed E-state index contributed by atoms with van der Waals surface area (Å²) < 4.78 is 0. The predicted molar refractivity (Wildman–Crippen MR) is 88.8 cm³/mol. The van der Waals surface area contributed by atoms with Crippen molar-refractivity contribution < 1.29 is 5.21 Å². The summed E-state index contributed by atoms with van der Waals surface area (Å²) in [4.78, 5) is 8.27. The molecule has 4 heteroatoms. The Morgan fingerprint density at radius 2 is 2.00 bits per heavy atom. The van der Waals surface area contributed by atoms with E-state index in [9.17, 15) is 5.21 Å². The van der Waals surface area contributed by atoms with Crippen molar-refractivity contribution in [2.75, 3.05) is 0 Å². The van der Waals surface area contributed by atoms with Crippen molar-refractivity contribution in [3.8, 4) is 0 Å². The molecule has 4 nitrogen and oxygen atoms in total. The summed E-state index contributed by atoms with van der Waals surface area (Å²) in [6, 6.07) is 8.25. The molecule has 22 heavy (non-hydrogen) atoms. The summed E-state index contributed by atoms with van der Waals surface area (Å²) in [7, 11) is 0. The Hall–Kier alpha value is -2.36. The standard InChI is InChI=1S/C18H19N3O/c1-10-17-15(11-6-4-5-7-12(11)20-17)16-13(19-10)8-18(2,3)9-14(16)21-22/h4-7,20,22H,8-9H2,1-3H3. The van der Waals surface area contributed by atoms with E-state index in [1.54, 1.807) is 0 Å². The summed E-state index contributed by atoms with van der Waals surface area (Å²) in [5, 5.41) is 15.5. The molecule has 0 amide bonds. The van der Waals surface area contributed by atoms with Crippen LogP contribution >= 0.6 is 0 Å². The van der Waals surface area contributed by atoms with E-state index < -0.39 is 0 Å². The third-order valence-corrected chi connectivity index (χ3v) is 4.61. The monoisotopic (exact) mass is 293 g/mol. The number of aromatic nitrogens is 2. The number of nitrogens with one attached hydrogen (secondary N) is 1. The van der Waals surface area contributed by atoms with Crippen LogP contribution in [-0.4, -0.2) is 20.9 Å². The summed E-state index contributed by atoms with van der Waals surface area (Å²) in [5.74, 6) is 0.